The summed E-state index contributed by atoms with van der Waals surface area (Å²) < 4.78 is 10.7. The van der Waals surface area contributed by atoms with Crippen molar-refractivity contribution >= 4 is 11.9 Å². The molecule has 484 valence electrons. The van der Waals surface area contributed by atoms with Gasteiger partial charge in [0.25, 0.3) is 0 Å². The Hall–Kier alpha value is -5.00. The molecule has 1 atom stereocenters. The number of carbonyl (C=O) groups excluding carboxylic acids is 2. The van der Waals surface area contributed by atoms with Crippen molar-refractivity contribution in [3.63, 3.8) is 0 Å². The van der Waals surface area contributed by atoms with Gasteiger partial charge in [0.15, 0.2) is 6.10 Å². The summed E-state index contributed by atoms with van der Waals surface area (Å²) in [7, 11) is 0. The first-order valence-corrected chi connectivity index (χ1v) is 35.3. The molecule has 0 aromatic rings. The lowest BCUT2D eigenvalue weighted by Crippen LogP contribution is -2.28. The zero-order valence-corrected chi connectivity index (χ0v) is 55.5. The molecule has 0 rings (SSSR count). The van der Waals surface area contributed by atoms with Crippen molar-refractivity contribution in [2.45, 2.75) is 302 Å². The van der Waals surface area contributed by atoms with E-state index >= 15 is 0 Å². The maximum absolute atomic E-state index is 12.4. The van der Waals surface area contributed by atoms with E-state index < -0.39 is 6.10 Å². The van der Waals surface area contributed by atoms with Gasteiger partial charge < -0.3 is 14.6 Å². The van der Waals surface area contributed by atoms with Gasteiger partial charge in [0, 0.05) is 12.8 Å². The Balaban J connectivity index is 3.55. The second kappa shape index (κ2) is 74.3. The van der Waals surface area contributed by atoms with Crippen molar-refractivity contribution in [3.8, 4) is 0 Å². The summed E-state index contributed by atoms with van der Waals surface area (Å²) in [6.07, 6.45) is 116. The van der Waals surface area contributed by atoms with Crippen LogP contribution in [-0.2, 0) is 19.1 Å². The van der Waals surface area contributed by atoms with E-state index in [0.29, 0.717) is 12.8 Å². The van der Waals surface area contributed by atoms with E-state index in [1.54, 1.807) is 0 Å². The Morgan fingerprint density at radius 3 is 0.698 bits per heavy atom. The highest BCUT2D eigenvalue weighted by molar-refractivity contribution is 5.70. The van der Waals surface area contributed by atoms with Gasteiger partial charge in [-0.15, -0.1) is 0 Å². The van der Waals surface area contributed by atoms with E-state index in [1.165, 1.54) is 116 Å². The lowest BCUT2D eigenvalue weighted by molar-refractivity contribution is -0.161. The minimum absolute atomic E-state index is 0.0821. The van der Waals surface area contributed by atoms with Crippen LogP contribution in [0.15, 0.2) is 182 Å². The van der Waals surface area contributed by atoms with Gasteiger partial charge in [-0.3, -0.25) is 9.59 Å². The molecule has 0 aliphatic rings. The number of carbonyl (C=O) groups is 2. The van der Waals surface area contributed by atoms with Crippen molar-refractivity contribution in [3.05, 3.63) is 182 Å². The highest BCUT2D eigenvalue weighted by atomic mass is 16.6. The minimum Gasteiger partial charge on any atom is -0.462 e. The number of rotatable bonds is 63. The van der Waals surface area contributed by atoms with Crippen LogP contribution in [0.25, 0.3) is 0 Å². The third-order valence-electron chi connectivity index (χ3n) is 14.7. The number of aliphatic hydroxyl groups is 1. The fraction of sp³-hybridized carbons (Fsp3) is 0.605. The first-order valence-electron chi connectivity index (χ1n) is 35.3. The van der Waals surface area contributed by atoms with Gasteiger partial charge >= 0.3 is 11.9 Å². The van der Waals surface area contributed by atoms with E-state index in [1.807, 2.05) is 0 Å². The van der Waals surface area contributed by atoms with Crippen molar-refractivity contribution in [1.29, 1.82) is 0 Å². The molecular weight excluding hydrogens is 1050 g/mol. The number of unbranched alkanes of at least 4 members (excludes halogenated alkanes) is 25. The summed E-state index contributed by atoms with van der Waals surface area (Å²) in [6, 6.07) is 0. The monoisotopic (exact) mass is 1180 g/mol. The third kappa shape index (κ3) is 71.5. The molecule has 0 amide bonds. The van der Waals surface area contributed by atoms with Crippen molar-refractivity contribution in [2.24, 2.45) is 0 Å². The summed E-state index contributed by atoms with van der Waals surface area (Å²) in [5.41, 5.74) is 0. The van der Waals surface area contributed by atoms with Gasteiger partial charge in [0.05, 0.1) is 6.61 Å². The zero-order valence-electron chi connectivity index (χ0n) is 55.5. The molecule has 0 saturated heterocycles. The first-order chi connectivity index (χ1) is 42.6. The topological polar surface area (TPSA) is 72.8 Å². The van der Waals surface area contributed by atoms with E-state index in [-0.39, 0.29) is 25.2 Å². The fourth-order valence-electron chi connectivity index (χ4n) is 9.49. The van der Waals surface area contributed by atoms with Gasteiger partial charge in [-0.1, -0.05) is 331 Å². The average molecular weight is 1180 g/mol. The molecule has 0 spiro atoms. The third-order valence-corrected chi connectivity index (χ3v) is 14.7. The van der Waals surface area contributed by atoms with Crippen LogP contribution in [0.1, 0.15) is 296 Å². The molecule has 0 saturated carbocycles. The maximum atomic E-state index is 12.4. The average Bonchev–Trinajstić information content (AvgIpc) is 3.55. The van der Waals surface area contributed by atoms with Crippen LogP contribution in [0.5, 0.6) is 0 Å². The smallest absolute Gasteiger partial charge is 0.306 e. The Morgan fingerprint density at radius 2 is 0.465 bits per heavy atom. The van der Waals surface area contributed by atoms with Crippen LogP contribution in [0.3, 0.4) is 0 Å². The van der Waals surface area contributed by atoms with Crippen molar-refractivity contribution in [2.75, 3.05) is 13.2 Å². The molecular formula is C81H130O5. The highest BCUT2D eigenvalue weighted by Crippen LogP contribution is 2.17. The van der Waals surface area contributed by atoms with E-state index in [2.05, 4.69) is 196 Å². The molecule has 0 aromatic heterocycles. The van der Waals surface area contributed by atoms with Crippen LogP contribution >= 0.6 is 0 Å². The Labute approximate surface area is 531 Å². The zero-order chi connectivity index (χ0) is 61.9. The highest BCUT2D eigenvalue weighted by Gasteiger charge is 2.16. The van der Waals surface area contributed by atoms with Crippen LogP contribution in [-0.4, -0.2) is 36.4 Å². The second-order valence-electron chi connectivity index (χ2n) is 22.8. The largest absolute Gasteiger partial charge is 0.462 e. The molecule has 5 nitrogen and oxygen atoms in total. The summed E-state index contributed by atoms with van der Waals surface area (Å²) >= 11 is 0. The van der Waals surface area contributed by atoms with E-state index in [0.717, 1.165) is 154 Å². The van der Waals surface area contributed by atoms with Crippen LogP contribution in [0.4, 0.5) is 0 Å². The molecule has 0 aromatic carbocycles. The summed E-state index contributed by atoms with van der Waals surface area (Å²) in [5, 5.41) is 9.70. The Bertz CT molecular complexity index is 1920. The summed E-state index contributed by atoms with van der Waals surface area (Å²) in [4.78, 5) is 24.7. The standard InChI is InChI=1S/C81H130O5/c1-3-5-7-9-11-13-15-17-19-21-23-25-27-29-31-33-35-37-38-39-40-41-42-44-45-47-49-51-53-55-57-59-61-63-65-67-69-71-73-75-80(83)85-78-79(77-82)86-81(84)76-74-72-70-68-66-64-62-60-58-56-54-52-50-48-46-43-36-34-32-30-28-26-24-22-20-18-16-14-12-10-8-6-4-2/h5-8,11-14,17-20,23-26,29-32,35-37,43,48,50,54,56,60,62,79,82H,3-4,9-10,15-16,21-22,27-28,33-34,38-42,44-47,49,51-53,55,57-59,61,63-78H2,1-2H3/b7-5-,8-6-,13-11-,14-12-,19-17-,20-18-,25-23-,26-24-,31-29-,32-30-,37-35-,43-36-,50-48-,56-54-,62-60-. The molecule has 5 heteroatoms. The van der Waals surface area contributed by atoms with Crippen LogP contribution < -0.4 is 0 Å². The van der Waals surface area contributed by atoms with Crippen LogP contribution in [0, 0.1) is 0 Å². The first kappa shape index (κ1) is 81.0. The van der Waals surface area contributed by atoms with Gasteiger partial charge in [0.2, 0.25) is 0 Å². The molecule has 86 heavy (non-hydrogen) atoms. The summed E-state index contributed by atoms with van der Waals surface area (Å²) in [6.45, 7) is 3.90. The predicted octanol–water partition coefficient (Wildman–Crippen LogP) is 25.0. The lowest BCUT2D eigenvalue weighted by atomic mass is 10.0. The molecule has 0 fully saturated rings. The maximum Gasteiger partial charge on any atom is 0.306 e. The normalized spacial score (nSPS) is 13.4. The van der Waals surface area contributed by atoms with Crippen molar-refractivity contribution in [1.82, 2.24) is 0 Å². The number of esters is 2. The molecule has 1 unspecified atom stereocenters. The lowest BCUT2D eigenvalue weighted by Gasteiger charge is -2.15. The Kier molecular flexibility index (Phi) is 69.9. The van der Waals surface area contributed by atoms with Crippen LogP contribution in [0.2, 0.25) is 0 Å². The number of aliphatic hydroxyl groups excluding tert-OH is 1. The second-order valence-corrected chi connectivity index (χ2v) is 22.8. The minimum atomic E-state index is -0.796. The summed E-state index contributed by atoms with van der Waals surface area (Å²) in [5.74, 6) is -0.615. The van der Waals surface area contributed by atoms with Gasteiger partial charge in [-0.25, -0.2) is 0 Å². The van der Waals surface area contributed by atoms with Gasteiger partial charge in [-0.2, -0.15) is 0 Å². The number of hydrogen-bond acceptors (Lipinski definition) is 5. The molecule has 1 N–H and O–H groups in total. The van der Waals surface area contributed by atoms with E-state index in [4.69, 9.17) is 9.47 Å². The Morgan fingerprint density at radius 1 is 0.267 bits per heavy atom. The SMILES string of the molecule is CC/C=C\C/C=C\C/C=C\C/C=C\C/C=C\C/C=C\C/C=C\C/C=C\C/C=C\CCCCCCCC(=O)OC(CO)COC(=O)CCCCCCCCCCCCCCCCCCCCCC/C=C\C/C=C\C/C=C\C/C=C\C/C=C\C/C=C\CC. The fourth-order valence-corrected chi connectivity index (χ4v) is 9.49. The number of hydrogen-bond donors (Lipinski definition) is 1. The predicted molar refractivity (Wildman–Crippen MR) is 380 cm³/mol. The molecule has 0 radical (unpaired) electrons. The van der Waals surface area contributed by atoms with E-state index in [9.17, 15) is 14.7 Å². The molecule has 0 bridgehead atoms. The van der Waals surface area contributed by atoms with Gasteiger partial charge in [-0.05, 0) is 135 Å². The molecule has 0 aliphatic carbocycles. The number of ether oxygens (including phenoxy) is 2. The van der Waals surface area contributed by atoms with Gasteiger partial charge in [0.1, 0.15) is 6.61 Å². The van der Waals surface area contributed by atoms with Crippen molar-refractivity contribution < 1.29 is 24.2 Å². The quantitative estimate of drug-likeness (QED) is 0.0373. The molecule has 0 heterocycles. The number of allylic oxidation sites excluding steroid dienone is 30. The molecule has 0 aliphatic heterocycles.